The molecule has 3 rings (SSSR count). The van der Waals surface area contributed by atoms with Gasteiger partial charge >= 0.3 is 0 Å². The molecule has 0 aliphatic carbocycles. The lowest BCUT2D eigenvalue weighted by atomic mass is 10.1. The molecule has 0 spiro atoms. The van der Waals surface area contributed by atoms with Gasteiger partial charge in [-0.1, -0.05) is 17.7 Å². The fourth-order valence-corrected chi connectivity index (χ4v) is 3.32. The van der Waals surface area contributed by atoms with Crippen LogP contribution < -0.4 is 10.1 Å². The largest absolute Gasteiger partial charge is 0.492 e. The average Bonchev–Trinajstić information content (AvgIpc) is 3.10. The van der Waals surface area contributed by atoms with E-state index in [1.165, 1.54) is 5.56 Å². The van der Waals surface area contributed by atoms with Crippen LogP contribution in [-0.2, 0) is 16.1 Å². The van der Waals surface area contributed by atoms with E-state index >= 15 is 0 Å². The third-order valence-electron chi connectivity index (χ3n) is 5.11. The van der Waals surface area contributed by atoms with Crippen molar-refractivity contribution in [3.63, 3.8) is 0 Å². The Morgan fingerprint density at radius 1 is 1.24 bits per heavy atom. The Balaban J connectivity index is 1.51. The molecule has 1 atom stereocenters. The monoisotopic (exact) mass is 399 g/mol. The van der Waals surface area contributed by atoms with Gasteiger partial charge in [0.1, 0.15) is 23.9 Å². The molecule has 1 aliphatic heterocycles. The number of likely N-dealkylation sites (N-methyl/N-ethyl adjacent to an activating group) is 1. The Morgan fingerprint density at radius 3 is 2.69 bits per heavy atom. The molecule has 7 nitrogen and oxygen atoms in total. The molecule has 1 N–H and O–H groups in total. The minimum Gasteiger partial charge on any atom is -0.492 e. The first-order chi connectivity index (χ1) is 13.9. The predicted molar refractivity (Wildman–Crippen MR) is 110 cm³/mol. The SMILES string of the molecule is Cc1ccc(OCCN(C)C(=O)C[C@H]2C(=O)NCCN2Cc2ccc(C)o2)cc1. The Bertz CT molecular complexity index is 831. The third kappa shape index (κ3) is 5.84. The van der Waals surface area contributed by atoms with E-state index < -0.39 is 6.04 Å². The Kier molecular flexibility index (Phi) is 6.93. The highest BCUT2D eigenvalue weighted by atomic mass is 16.5. The van der Waals surface area contributed by atoms with Gasteiger partial charge in [-0.05, 0) is 38.1 Å². The van der Waals surface area contributed by atoms with Gasteiger partial charge in [-0.3, -0.25) is 14.5 Å². The predicted octanol–water partition coefficient (Wildman–Crippen LogP) is 2.12. The van der Waals surface area contributed by atoms with E-state index in [4.69, 9.17) is 9.15 Å². The number of carbonyl (C=O) groups excluding carboxylic acids is 2. The van der Waals surface area contributed by atoms with Crippen molar-refractivity contribution in [1.29, 1.82) is 0 Å². The van der Waals surface area contributed by atoms with E-state index in [1.54, 1.807) is 11.9 Å². The standard InChI is InChI=1S/C22H29N3O4/c1-16-4-7-18(8-5-16)28-13-12-24(3)21(26)14-20-22(27)23-10-11-25(20)15-19-9-6-17(2)29-19/h4-9,20H,10-15H2,1-3H3,(H,23,27)/t20-/m0/s1. The minimum atomic E-state index is -0.498. The number of benzene rings is 1. The smallest absolute Gasteiger partial charge is 0.237 e. The first-order valence-electron chi connectivity index (χ1n) is 9.93. The summed E-state index contributed by atoms with van der Waals surface area (Å²) in [6.07, 6.45) is 0.132. The summed E-state index contributed by atoms with van der Waals surface area (Å²) in [5.41, 5.74) is 1.17. The van der Waals surface area contributed by atoms with Crippen molar-refractivity contribution in [3.8, 4) is 5.75 Å². The molecule has 1 aromatic carbocycles. The number of amides is 2. The molecule has 7 heteroatoms. The molecule has 0 bridgehead atoms. The zero-order valence-electron chi connectivity index (χ0n) is 17.3. The molecule has 1 saturated heterocycles. The van der Waals surface area contributed by atoms with Crippen molar-refractivity contribution >= 4 is 11.8 Å². The van der Waals surface area contributed by atoms with Gasteiger partial charge in [-0.25, -0.2) is 0 Å². The molecule has 156 valence electrons. The number of piperazine rings is 1. The molecular weight excluding hydrogens is 370 g/mol. The fourth-order valence-electron chi connectivity index (χ4n) is 3.32. The highest BCUT2D eigenvalue weighted by Gasteiger charge is 2.32. The van der Waals surface area contributed by atoms with Crippen LogP contribution in [0.4, 0.5) is 0 Å². The van der Waals surface area contributed by atoms with Crippen molar-refractivity contribution in [2.75, 3.05) is 33.3 Å². The lowest BCUT2D eigenvalue weighted by molar-refractivity contribution is -0.138. The van der Waals surface area contributed by atoms with Gasteiger partial charge in [0, 0.05) is 20.1 Å². The molecule has 0 unspecified atom stereocenters. The van der Waals surface area contributed by atoms with Crippen molar-refractivity contribution in [2.24, 2.45) is 0 Å². The van der Waals surface area contributed by atoms with Gasteiger partial charge in [0.15, 0.2) is 0 Å². The number of hydrogen-bond donors (Lipinski definition) is 1. The topological polar surface area (TPSA) is 75.0 Å². The highest BCUT2D eigenvalue weighted by Crippen LogP contribution is 2.17. The summed E-state index contributed by atoms with van der Waals surface area (Å²) < 4.78 is 11.3. The van der Waals surface area contributed by atoms with Crippen LogP contribution in [0.3, 0.4) is 0 Å². The van der Waals surface area contributed by atoms with Gasteiger partial charge in [0.2, 0.25) is 11.8 Å². The minimum absolute atomic E-state index is 0.0832. The molecule has 29 heavy (non-hydrogen) atoms. The summed E-state index contributed by atoms with van der Waals surface area (Å²) in [6, 6.07) is 11.1. The maximum Gasteiger partial charge on any atom is 0.237 e. The average molecular weight is 399 g/mol. The number of nitrogens with zero attached hydrogens (tertiary/aromatic N) is 2. The maximum absolute atomic E-state index is 12.7. The van der Waals surface area contributed by atoms with E-state index in [1.807, 2.05) is 55.1 Å². The number of hydrogen-bond acceptors (Lipinski definition) is 5. The second-order valence-corrected chi connectivity index (χ2v) is 7.47. The summed E-state index contributed by atoms with van der Waals surface area (Å²) in [6.45, 7) is 6.54. The van der Waals surface area contributed by atoms with Crippen LogP contribution in [0.5, 0.6) is 5.75 Å². The van der Waals surface area contributed by atoms with Gasteiger partial charge in [0.05, 0.1) is 25.6 Å². The van der Waals surface area contributed by atoms with Crippen molar-refractivity contribution in [2.45, 2.75) is 32.9 Å². The quantitative estimate of drug-likeness (QED) is 0.736. The highest BCUT2D eigenvalue weighted by molar-refractivity contribution is 5.88. The number of ether oxygens (including phenoxy) is 1. The Hall–Kier alpha value is -2.80. The van der Waals surface area contributed by atoms with Crippen molar-refractivity contribution in [3.05, 3.63) is 53.5 Å². The van der Waals surface area contributed by atoms with E-state index in [-0.39, 0.29) is 18.2 Å². The van der Waals surface area contributed by atoms with Gasteiger partial charge in [-0.15, -0.1) is 0 Å². The zero-order valence-corrected chi connectivity index (χ0v) is 17.3. The second-order valence-electron chi connectivity index (χ2n) is 7.47. The maximum atomic E-state index is 12.7. The Morgan fingerprint density at radius 2 is 2.00 bits per heavy atom. The zero-order chi connectivity index (χ0) is 20.8. The van der Waals surface area contributed by atoms with Crippen LogP contribution >= 0.6 is 0 Å². The molecule has 0 radical (unpaired) electrons. The molecule has 2 aromatic rings. The normalized spacial score (nSPS) is 17.1. The lowest BCUT2D eigenvalue weighted by Crippen LogP contribution is -2.56. The van der Waals surface area contributed by atoms with E-state index in [0.29, 0.717) is 32.8 Å². The first-order valence-corrected chi connectivity index (χ1v) is 9.93. The van der Waals surface area contributed by atoms with Crippen LogP contribution in [0.1, 0.15) is 23.5 Å². The summed E-state index contributed by atoms with van der Waals surface area (Å²) in [7, 11) is 1.74. The van der Waals surface area contributed by atoms with Gasteiger partial charge in [0.25, 0.3) is 0 Å². The second kappa shape index (κ2) is 9.60. The molecular formula is C22H29N3O4. The van der Waals surface area contributed by atoms with Crippen LogP contribution in [-0.4, -0.2) is 60.9 Å². The molecule has 1 aliphatic rings. The number of furan rings is 1. The fraction of sp³-hybridized carbons (Fsp3) is 0.455. The third-order valence-corrected chi connectivity index (χ3v) is 5.11. The van der Waals surface area contributed by atoms with Crippen molar-refractivity contribution < 1.29 is 18.7 Å². The molecule has 1 fully saturated rings. The molecule has 2 amide bonds. The van der Waals surface area contributed by atoms with Gasteiger partial charge in [-0.2, -0.15) is 0 Å². The number of aryl methyl sites for hydroxylation is 2. The number of rotatable bonds is 8. The number of nitrogens with one attached hydrogen (secondary N) is 1. The summed E-state index contributed by atoms with van der Waals surface area (Å²) >= 11 is 0. The van der Waals surface area contributed by atoms with Crippen LogP contribution in [0.2, 0.25) is 0 Å². The molecule has 0 saturated carbocycles. The first kappa shape index (κ1) is 20.9. The van der Waals surface area contributed by atoms with Crippen LogP contribution in [0, 0.1) is 13.8 Å². The summed E-state index contributed by atoms with van der Waals surface area (Å²) in [5, 5.41) is 2.86. The van der Waals surface area contributed by atoms with E-state index in [2.05, 4.69) is 5.32 Å². The Labute approximate surface area is 171 Å². The van der Waals surface area contributed by atoms with Crippen LogP contribution in [0.15, 0.2) is 40.8 Å². The number of carbonyl (C=O) groups is 2. The molecule has 2 heterocycles. The molecule has 1 aromatic heterocycles. The van der Waals surface area contributed by atoms with Gasteiger partial charge < -0.3 is 19.4 Å². The van der Waals surface area contributed by atoms with Crippen molar-refractivity contribution in [1.82, 2.24) is 15.1 Å². The lowest BCUT2D eigenvalue weighted by Gasteiger charge is -2.34. The van der Waals surface area contributed by atoms with Crippen LogP contribution in [0.25, 0.3) is 0 Å². The summed E-state index contributed by atoms with van der Waals surface area (Å²) in [4.78, 5) is 28.7. The van der Waals surface area contributed by atoms with E-state index in [9.17, 15) is 9.59 Å². The van der Waals surface area contributed by atoms with E-state index in [0.717, 1.165) is 17.3 Å². The summed E-state index contributed by atoms with van der Waals surface area (Å²) in [5.74, 6) is 2.22.